The second-order valence-electron chi connectivity index (χ2n) is 7.93. The first kappa shape index (κ1) is 22.5. The van der Waals surface area contributed by atoms with Crippen LogP contribution in [0.25, 0.3) is 0 Å². The highest BCUT2D eigenvalue weighted by molar-refractivity contribution is 7.94. The number of thiophene rings is 1. The molecule has 0 radical (unpaired) electrons. The number of benzene rings is 2. The Morgan fingerprint density at radius 2 is 1.66 bits per heavy atom. The Morgan fingerprint density at radius 3 is 2.28 bits per heavy atom. The number of carbonyl (C=O) groups excluding carboxylic acids is 1. The Labute approximate surface area is 193 Å². The summed E-state index contributed by atoms with van der Waals surface area (Å²) in [5.41, 5.74) is 3.32. The fraction of sp³-hybridized carbons (Fsp3) is 0.292. The smallest absolute Gasteiger partial charge is 0.273 e. The number of nitrogens with zero attached hydrogens (tertiary/aromatic N) is 2. The molecule has 0 aliphatic carbocycles. The minimum Gasteiger partial charge on any atom is -0.348 e. The summed E-state index contributed by atoms with van der Waals surface area (Å²) in [5, 5.41) is 4.66. The Morgan fingerprint density at radius 1 is 1.00 bits per heavy atom. The predicted octanol–water partition coefficient (Wildman–Crippen LogP) is 4.10. The van der Waals surface area contributed by atoms with Crippen LogP contribution in [0.4, 0.5) is 5.69 Å². The van der Waals surface area contributed by atoms with Crippen LogP contribution in [-0.2, 0) is 23.1 Å². The fourth-order valence-corrected chi connectivity index (χ4v) is 6.11. The SMILES string of the molecule is CN(c1ccc(C(=O)NCc2ccc(CN3CCCC3)cc2)cc1)S(=O)(=O)c1cccs1. The van der Waals surface area contributed by atoms with Gasteiger partial charge in [-0.15, -0.1) is 11.3 Å². The van der Waals surface area contributed by atoms with Gasteiger partial charge >= 0.3 is 0 Å². The van der Waals surface area contributed by atoms with Crippen molar-refractivity contribution in [2.45, 2.75) is 30.1 Å². The first-order valence-electron chi connectivity index (χ1n) is 10.6. The molecule has 3 aromatic rings. The Kier molecular flexibility index (Phi) is 6.93. The minimum absolute atomic E-state index is 0.193. The normalized spacial score (nSPS) is 14.4. The number of rotatable bonds is 8. The molecular formula is C24H27N3O3S2. The third kappa shape index (κ3) is 5.20. The first-order valence-corrected chi connectivity index (χ1v) is 13.0. The number of amides is 1. The molecule has 1 aliphatic heterocycles. The lowest BCUT2D eigenvalue weighted by Crippen LogP contribution is -2.26. The summed E-state index contributed by atoms with van der Waals surface area (Å²) in [6, 6.07) is 18.2. The van der Waals surface area contributed by atoms with Crippen molar-refractivity contribution in [3.05, 3.63) is 82.7 Å². The van der Waals surface area contributed by atoms with Gasteiger partial charge in [0.15, 0.2) is 0 Å². The topological polar surface area (TPSA) is 69.7 Å². The van der Waals surface area contributed by atoms with Gasteiger partial charge in [0.25, 0.3) is 15.9 Å². The van der Waals surface area contributed by atoms with E-state index in [4.69, 9.17) is 0 Å². The zero-order valence-electron chi connectivity index (χ0n) is 18.0. The van der Waals surface area contributed by atoms with E-state index in [9.17, 15) is 13.2 Å². The highest BCUT2D eigenvalue weighted by atomic mass is 32.2. The van der Waals surface area contributed by atoms with E-state index in [-0.39, 0.29) is 10.1 Å². The third-order valence-electron chi connectivity index (χ3n) is 5.68. The lowest BCUT2D eigenvalue weighted by Gasteiger charge is -2.18. The first-order chi connectivity index (χ1) is 15.4. The predicted molar refractivity (Wildman–Crippen MR) is 128 cm³/mol. The summed E-state index contributed by atoms with van der Waals surface area (Å²) in [6.45, 7) is 3.77. The van der Waals surface area contributed by atoms with Gasteiger partial charge in [-0.05, 0) is 72.8 Å². The molecule has 0 saturated carbocycles. The van der Waals surface area contributed by atoms with Crippen molar-refractivity contribution in [3.8, 4) is 0 Å². The minimum atomic E-state index is -3.59. The Balaban J connectivity index is 1.33. The molecule has 6 nitrogen and oxygen atoms in total. The van der Waals surface area contributed by atoms with E-state index < -0.39 is 10.0 Å². The van der Waals surface area contributed by atoms with Gasteiger partial charge in [0.1, 0.15) is 4.21 Å². The van der Waals surface area contributed by atoms with Gasteiger partial charge in [0.05, 0.1) is 5.69 Å². The maximum atomic E-state index is 12.6. The summed E-state index contributed by atoms with van der Waals surface area (Å²) in [4.78, 5) is 15.0. The van der Waals surface area contributed by atoms with Crippen molar-refractivity contribution < 1.29 is 13.2 Å². The van der Waals surface area contributed by atoms with Crippen LogP contribution in [0.3, 0.4) is 0 Å². The molecule has 1 saturated heterocycles. The van der Waals surface area contributed by atoms with Crippen molar-refractivity contribution >= 4 is 33.0 Å². The van der Waals surface area contributed by atoms with Crippen LogP contribution in [0.15, 0.2) is 70.3 Å². The summed E-state index contributed by atoms with van der Waals surface area (Å²) in [7, 11) is -2.08. The van der Waals surface area contributed by atoms with Crippen molar-refractivity contribution in [1.82, 2.24) is 10.2 Å². The molecule has 1 aliphatic rings. The highest BCUT2D eigenvalue weighted by Crippen LogP contribution is 2.25. The molecule has 0 atom stereocenters. The molecule has 168 valence electrons. The van der Waals surface area contributed by atoms with Crippen molar-refractivity contribution in [1.29, 1.82) is 0 Å². The summed E-state index contributed by atoms with van der Waals surface area (Å²) in [5.74, 6) is -0.193. The second-order valence-corrected chi connectivity index (χ2v) is 11.1. The molecule has 1 aromatic heterocycles. The fourth-order valence-electron chi connectivity index (χ4n) is 3.75. The van der Waals surface area contributed by atoms with Gasteiger partial charge in [0, 0.05) is 25.7 Å². The summed E-state index contributed by atoms with van der Waals surface area (Å²) in [6.07, 6.45) is 2.57. The van der Waals surface area contributed by atoms with Crippen LogP contribution in [0.2, 0.25) is 0 Å². The van der Waals surface area contributed by atoms with E-state index in [2.05, 4.69) is 34.5 Å². The van der Waals surface area contributed by atoms with Gasteiger partial charge in [0.2, 0.25) is 0 Å². The molecule has 8 heteroatoms. The van der Waals surface area contributed by atoms with Gasteiger partial charge in [-0.25, -0.2) is 8.42 Å². The summed E-state index contributed by atoms with van der Waals surface area (Å²) < 4.78 is 26.8. The van der Waals surface area contributed by atoms with Gasteiger partial charge < -0.3 is 5.32 Å². The van der Waals surface area contributed by atoms with E-state index in [0.717, 1.165) is 12.1 Å². The van der Waals surface area contributed by atoms with E-state index in [1.54, 1.807) is 41.8 Å². The van der Waals surface area contributed by atoms with Crippen LogP contribution < -0.4 is 9.62 Å². The number of likely N-dealkylation sites (tertiary alicyclic amines) is 1. The molecule has 1 amide bonds. The van der Waals surface area contributed by atoms with Crippen LogP contribution in [0.5, 0.6) is 0 Å². The molecular weight excluding hydrogens is 442 g/mol. The molecule has 0 bridgehead atoms. The quantitative estimate of drug-likeness (QED) is 0.539. The Bertz CT molecular complexity index is 1140. The molecule has 0 unspecified atom stereocenters. The van der Waals surface area contributed by atoms with E-state index >= 15 is 0 Å². The number of carbonyl (C=O) groups is 1. The number of hydrogen-bond acceptors (Lipinski definition) is 5. The van der Waals surface area contributed by atoms with E-state index in [1.807, 2.05) is 0 Å². The maximum Gasteiger partial charge on any atom is 0.273 e. The standard InChI is InChI=1S/C24H27N3O3S2/c1-26(32(29,30)23-5-4-16-31-23)22-12-10-21(11-13-22)24(28)25-17-19-6-8-20(9-7-19)18-27-14-2-3-15-27/h4-13,16H,2-3,14-15,17-18H2,1H3,(H,25,28). The molecule has 32 heavy (non-hydrogen) atoms. The van der Waals surface area contributed by atoms with Crippen molar-refractivity contribution in [2.24, 2.45) is 0 Å². The lowest BCUT2D eigenvalue weighted by molar-refractivity contribution is 0.0951. The largest absolute Gasteiger partial charge is 0.348 e. The molecule has 1 N–H and O–H groups in total. The second kappa shape index (κ2) is 9.85. The molecule has 4 rings (SSSR count). The van der Waals surface area contributed by atoms with Gasteiger partial charge in [-0.1, -0.05) is 30.3 Å². The molecule has 2 heterocycles. The molecule has 1 fully saturated rings. The molecule has 2 aromatic carbocycles. The van der Waals surface area contributed by atoms with Crippen LogP contribution in [0, 0.1) is 0 Å². The van der Waals surface area contributed by atoms with E-state index in [1.165, 1.54) is 54.2 Å². The summed E-state index contributed by atoms with van der Waals surface area (Å²) >= 11 is 1.18. The third-order valence-corrected chi connectivity index (χ3v) is 8.84. The zero-order valence-corrected chi connectivity index (χ0v) is 19.7. The number of sulfonamides is 1. The maximum absolute atomic E-state index is 12.6. The average Bonchev–Trinajstić information content (AvgIpc) is 3.53. The van der Waals surface area contributed by atoms with Crippen LogP contribution in [0.1, 0.15) is 34.3 Å². The monoisotopic (exact) mass is 469 g/mol. The van der Waals surface area contributed by atoms with Gasteiger partial charge in [-0.3, -0.25) is 14.0 Å². The number of hydrogen-bond donors (Lipinski definition) is 1. The number of anilines is 1. The van der Waals surface area contributed by atoms with Crippen molar-refractivity contribution in [2.75, 3.05) is 24.4 Å². The highest BCUT2D eigenvalue weighted by Gasteiger charge is 2.22. The Hall–Kier alpha value is -2.68. The van der Waals surface area contributed by atoms with Crippen LogP contribution in [-0.4, -0.2) is 39.4 Å². The van der Waals surface area contributed by atoms with Crippen molar-refractivity contribution in [3.63, 3.8) is 0 Å². The molecule has 0 spiro atoms. The number of nitrogens with one attached hydrogen (secondary N) is 1. The van der Waals surface area contributed by atoms with E-state index in [0.29, 0.717) is 17.8 Å². The average molecular weight is 470 g/mol. The lowest BCUT2D eigenvalue weighted by atomic mass is 10.1. The van der Waals surface area contributed by atoms with Crippen LogP contribution >= 0.6 is 11.3 Å². The zero-order chi connectivity index (χ0) is 22.6. The van der Waals surface area contributed by atoms with Gasteiger partial charge in [-0.2, -0.15) is 0 Å².